The molecule has 2 aromatic carbocycles. The van der Waals surface area contributed by atoms with Crippen molar-refractivity contribution in [2.45, 2.75) is 36.4 Å². The summed E-state index contributed by atoms with van der Waals surface area (Å²) in [5.41, 5.74) is 1.47. The van der Waals surface area contributed by atoms with Crippen molar-refractivity contribution in [2.75, 3.05) is 24.8 Å². The Hall–Kier alpha value is -2.90. The summed E-state index contributed by atoms with van der Waals surface area (Å²) in [6.45, 7) is 7.03. The molecule has 0 radical (unpaired) electrons. The lowest BCUT2D eigenvalue weighted by Crippen LogP contribution is -2.34. The minimum Gasteiger partial charge on any atom is -0.496 e. The lowest BCUT2D eigenvalue weighted by Gasteiger charge is -2.23. The molecule has 0 saturated carbocycles. The van der Waals surface area contributed by atoms with E-state index in [1.165, 1.54) is 25.3 Å². The highest BCUT2D eigenvalue weighted by Crippen LogP contribution is 2.38. The molecule has 2 aromatic heterocycles. The number of carbonyl (C=O) groups is 1. The van der Waals surface area contributed by atoms with Gasteiger partial charge in [-0.05, 0) is 48.0 Å². The molecular weight excluding hydrogens is 578 g/mol. The SMILES string of the molecule is COc1cccc2c1c(N(COCC[Si](C)(C)C)S(=O)(=O)c1ccc(Cl)s1)nn2Cc1cccc(C(=O)O)c1. The van der Waals surface area contributed by atoms with E-state index in [0.29, 0.717) is 33.2 Å². The van der Waals surface area contributed by atoms with Crippen LogP contribution >= 0.6 is 22.9 Å². The number of benzene rings is 2. The topological polar surface area (TPSA) is 111 Å². The third kappa shape index (κ3) is 6.64. The van der Waals surface area contributed by atoms with Gasteiger partial charge in [0.1, 0.15) is 16.7 Å². The van der Waals surface area contributed by atoms with Gasteiger partial charge in [-0.15, -0.1) is 11.3 Å². The quantitative estimate of drug-likeness (QED) is 0.119. The van der Waals surface area contributed by atoms with Crippen molar-refractivity contribution in [3.05, 3.63) is 70.1 Å². The van der Waals surface area contributed by atoms with Crippen molar-refractivity contribution in [3.63, 3.8) is 0 Å². The van der Waals surface area contributed by atoms with Gasteiger partial charge in [0.15, 0.2) is 5.82 Å². The molecule has 0 saturated heterocycles. The van der Waals surface area contributed by atoms with E-state index in [1.807, 2.05) is 6.07 Å². The highest BCUT2D eigenvalue weighted by molar-refractivity contribution is 7.94. The van der Waals surface area contributed by atoms with Crippen molar-refractivity contribution in [2.24, 2.45) is 0 Å². The molecule has 4 rings (SSSR count). The largest absolute Gasteiger partial charge is 0.496 e. The second-order valence-electron chi connectivity index (χ2n) is 10.1. The number of nitrogens with zero attached hydrogens (tertiary/aromatic N) is 3. The highest BCUT2D eigenvalue weighted by atomic mass is 35.5. The van der Waals surface area contributed by atoms with Crippen LogP contribution in [-0.2, 0) is 21.3 Å². The fourth-order valence-corrected chi connectivity index (χ4v) is 7.59. The van der Waals surface area contributed by atoms with Gasteiger partial charge in [0.05, 0.1) is 34.5 Å². The molecule has 4 aromatic rings. The van der Waals surface area contributed by atoms with Crippen molar-refractivity contribution in [3.8, 4) is 5.75 Å². The molecule has 0 fully saturated rings. The van der Waals surface area contributed by atoms with Crippen LogP contribution in [0, 0.1) is 0 Å². The van der Waals surface area contributed by atoms with Gasteiger partial charge in [-0.25, -0.2) is 17.5 Å². The molecule has 1 N–H and O–H groups in total. The van der Waals surface area contributed by atoms with Crippen LogP contribution in [-0.4, -0.2) is 57.8 Å². The number of sulfonamides is 1. The zero-order valence-corrected chi connectivity index (χ0v) is 25.4. The summed E-state index contributed by atoms with van der Waals surface area (Å²) in [6, 6.07) is 15.7. The number of aromatic carboxylic acids is 1. The molecule has 9 nitrogen and oxygen atoms in total. The van der Waals surface area contributed by atoms with Crippen LogP contribution in [0.4, 0.5) is 5.82 Å². The van der Waals surface area contributed by atoms with Gasteiger partial charge < -0.3 is 14.6 Å². The van der Waals surface area contributed by atoms with Crippen LogP contribution in [0.2, 0.25) is 30.0 Å². The van der Waals surface area contributed by atoms with Gasteiger partial charge >= 0.3 is 5.97 Å². The predicted molar refractivity (Wildman–Crippen MR) is 157 cm³/mol. The summed E-state index contributed by atoms with van der Waals surface area (Å²) in [5.74, 6) is -0.444. The molecule has 0 unspecified atom stereocenters. The lowest BCUT2D eigenvalue weighted by atomic mass is 10.1. The number of hydrogen-bond acceptors (Lipinski definition) is 7. The number of carboxylic acids is 1. The Morgan fingerprint density at radius 3 is 2.54 bits per heavy atom. The van der Waals surface area contributed by atoms with E-state index in [4.69, 9.17) is 26.2 Å². The molecule has 39 heavy (non-hydrogen) atoms. The molecule has 208 valence electrons. The Morgan fingerprint density at radius 1 is 1.15 bits per heavy atom. The van der Waals surface area contributed by atoms with Crippen LogP contribution in [0.15, 0.2) is 58.8 Å². The third-order valence-electron chi connectivity index (χ3n) is 5.98. The van der Waals surface area contributed by atoms with E-state index in [-0.39, 0.29) is 28.9 Å². The van der Waals surface area contributed by atoms with Gasteiger partial charge in [-0.3, -0.25) is 4.68 Å². The molecule has 0 atom stereocenters. The Morgan fingerprint density at radius 2 is 1.90 bits per heavy atom. The van der Waals surface area contributed by atoms with Crippen molar-refractivity contribution in [1.82, 2.24) is 9.78 Å². The van der Waals surface area contributed by atoms with Crippen LogP contribution in [0.3, 0.4) is 0 Å². The molecule has 2 heterocycles. The highest BCUT2D eigenvalue weighted by Gasteiger charge is 2.32. The number of ether oxygens (including phenoxy) is 2. The Kier molecular flexibility index (Phi) is 8.71. The van der Waals surface area contributed by atoms with Crippen LogP contribution in [0.5, 0.6) is 5.75 Å². The Bertz CT molecular complexity index is 1600. The van der Waals surface area contributed by atoms with Gasteiger partial charge in [-0.1, -0.05) is 49.4 Å². The van der Waals surface area contributed by atoms with Crippen LogP contribution in [0.1, 0.15) is 15.9 Å². The number of thiophene rings is 1. The van der Waals surface area contributed by atoms with Crippen LogP contribution in [0.25, 0.3) is 10.9 Å². The van der Waals surface area contributed by atoms with E-state index in [0.717, 1.165) is 21.7 Å². The number of carboxylic acid groups (broad SMARTS) is 1. The lowest BCUT2D eigenvalue weighted by molar-refractivity contribution is 0.0696. The number of rotatable bonds is 12. The van der Waals surface area contributed by atoms with Crippen molar-refractivity contribution in [1.29, 1.82) is 0 Å². The maximum Gasteiger partial charge on any atom is 0.335 e. The van der Waals surface area contributed by atoms with Gasteiger partial charge in [-0.2, -0.15) is 5.10 Å². The van der Waals surface area contributed by atoms with Gasteiger partial charge in [0.25, 0.3) is 10.0 Å². The number of hydrogen-bond donors (Lipinski definition) is 1. The number of anilines is 1. The smallest absolute Gasteiger partial charge is 0.335 e. The van der Waals surface area contributed by atoms with Crippen molar-refractivity contribution >= 4 is 63.7 Å². The summed E-state index contributed by atoms with van der Waals surface area (Å²) >= 11 is 7.05. The minimum atomic E-state index is -4.10. The van der Waals surface area contributed by atoms with E-state index >= 15 is 0 Å². The average molecular weight is 608 g/mol. The molecule has 13 heteroatoms. The Labute approximate surface area is 237 Å². The fraction of sp³-hybridized carbons (Fsp3) is 0.308. The molecule has 0 amide bonds. The number of aromatic nitrogens is 2. The predicted octanol–water partition coefficient (Wildman–Crippen LogP) is 6.01. The number of fused-ring (bicyclic) bond motifs is 1. The van der Waals surface area contributed by atoms with E-state index in [9.17, 15) is 18.3 Å². The maximum absolute atomic E-state index is 13.9. The minimum absolute atomic E-state index is 0.0630. The van der Waals surface area contributed by atoms with Gasteiger partial charge in [0.2, 0.25) is 0 Å². The van der Waals surface area contributed by atoms with Crippen LogP contribution < -0.4 is 9.04 Å². The average Bonchev–Trinajstić information content (AvgIpc) is 3.47. The maximum atomic E-state index is 13.9. The molecule has 0 aliphatic heterocycles. The fourth-order valence-electron chi connectivity index (χ4n) is 3.93. The Balaban J connectivity index is 1.83. The first-order valence-corrected chi connectivity index (χ1v) is 18.5. The standard InChI is InChI=1S/C26H30ClN3O6S2Si/c1-35-21-10-6-9-20-24(21)25(28-29(20)16-18-7-5-8-19(15-18)26(31)32)30(17-36-13-14-39(2,3)4)38(33,34)23-12-11-22(27)37-23/h5-12,15H,13-14,16-17H2,1-4H3,(H,31,32). The number of methoxy groups -OCH3 is 1. The second-order valence-corrected chi connectivity index (χ2v) is 19.5. The molecule has 0 aliphatic rings. The van der Waals surface area contributed by atoms with Gasteiger partial charge in [0, 0.05) is 14.7 Å². The zero-order chi connectivity index (χ0) is 28.4. The molecular formula is C26H30ClN3O6S2Si. The molecule has 0 aliphatic carbocycles. The number of halogens is 1. The monoisotopic (exact) mass is 607 g/mol. The first-order chi connectivity index (χ1) is 18.4. The zero-order valence-electron chi connectivity index (χ0n) is 22.0. The normalized spacial score (nSPS) is 12.1. The summed E-state index contributed by atoms with van der Waals surface area (Å²) in [7, 11) is -4.01. The molecule has 0 bridgehead atoms. The summed E-state index contributed by atoms with van der Waals surface area (Å²) in [6.07, 6.45) is 0. The van der Waals surface area contributed by atoms with Crippen molar-refractivity contribution < 1.29 is 27.8 Å². The van der Waals surface area contributed by atoms with E-state index in [2.05, 4.69) is 19.6 Å². The second kappa shape index (κ2) is 11.7. The molecule has 0 spiro atoms. The van der Waals surface area contributed by atoms with E-state index in [1.54, 1.807) is 35.0 Å². The van der Waals surface area contributed by atoms with E-state index < -0.39 is 24.1 Å². The first-order valence-electron chi connectivity index (χ1n) is 12.1. The first kappa shape index (κ1) is 29.1. The third-order valence-corrected chi connectivity index (χ3v) is 11.1. The summed E-state index contributed by atoms with van der Waals surface area (Å²) < 4.78 is 42.6. The summed E-state index contributed by atoms with van der Waals surface area (Å²) in [5, 5.41) is 14.6. The summed E-state index contributed by atoms with van der Waals surface area (Å²) in [4.78, 5) is 11.5.